The van der Waals surface area contributed by atoms with Crippen molar-refractivity contribution in [3.63, 3.8) is 0 Å². The Morgan fingerprint density at radius 1 is 1.32 bits per heavy atom. The maximum absolute atomic E-state index is 13.0. The van der Waals surface area contributed by atoms with Gasteiger partial charge in [-0.15, -0.1) is 23.1 Å². The fourth-order valence-electron chi connectivity index (χ4n) is 3.51. The standard InChI is InChI=1S/C24H29N5O7S2/c1-6-14(22(32)35-8-7-12(2)3)9-36-23(33)18-13(4)10-37-21-17(20(31)29(18)21)27-19(30)16(28-34-5)15-11-38-24(25)26-15/h6-7,11,17,21H,8-10H2,1-5H3,(H2,25,26)(H,27,30)/b14-6?,28-16-/t17-,21-/m1/s1. The van der Waals surface area contributed by atoms with E-state index in [0.29, 0.717) is 11.3 Å². The Hall–Kier alpha value is -3.65. The van der Waals surface area contributed by atoms with Crippen molar-refractivity contribution >= 4 is 57.7 Å². The summed E-state index contributed by atoms with van der Waals surface area (Å²) in [5.74, 6) is -2.06. The number of ether oxygens (including phenoxy) is 2. The number of esters is 2. The molecule has 12 nitrogen and oxygen atoms in total. The first kappa shape index (κ1) is 28.9. The van der Waals surface area contributed by atoms with Gasteiger partial charge in [-0.2, -0.15) is 0 Å². The van der Waals surface area contributed by atoms with E-state index in [2.05, 4.69) is 15.5 Å². The Labute approximate surface area is 227 Å². The van der Waals surface area contributed by atoms with E-state index in [9.17, 15) is 19.2 Å². The Bertz CT molecular complexity index is 1250. The van der Waals surface area contributed by atoms with Gasteiger partial charge in [-0.05, 0) is 39.3 Å². The van der Waals surface area contributed by atoms with Crippen LogP contribution >= 0.6 is 23.1 Å². The van der Waals surface area contributed by atoms with Crippen LogP contribution in [0.1, 0.15) is 33.4 Å². The fraction of sp³-hybridized carbons (Fsp3) is 0.417. The lowest BCUT2D eigenvalue weighted by molar-refractivity contribution is -0.152. The van der Waals surface area contributed by atoms with Crippen molar-refractivity contribution in [3.8, 4) is 0 Å². The van der Waals surface area contributed by atoms with E-state index < -0.39 is 35.2 Å². The average Bonchev–Trinajstić information content (AvgIpc) is 3.31. The summed E-state index contributed by atoms with van der Waals surface area (Å²) >= 11 is 2.53. The molecule has 0 radical (unpaired) electrons. The minimum atomic E-state index is -0.905. The molecule has 3 heterocycles. The third-order valence-electron chi connectivity index (χ3n) is 5.48. The van der Waals surface area contributed by atoms with Crippen LogP contribution in [0, 0.1) is 0 Å². The molecule has 2 aliphatic rings. The number of nitrogens with two attached hydrogens (primary N) is 1. The zero-order valence-electron chi connectivity index (χ0n) is 21.6. The predicted molar refractivity (Wildman–Crippen MR) is 143 cm³/mol. The minimum Gasteiger partial charge on any atom is -0.458 e. The summed E-state index contributed by atoms with van der Waals surface area (Å²) in [6.07, 6.45) is 3.26. The number of thiazole rings is 1. The monoisotopic (exact) mass is 563 g/mol. The maximum atomic E-state index is 13.0. The highest BCUT2D eigenvalue weighted by Gasteiger charge is 2.54. The number of rotatable bonds is 10. The van der Waals surface area contributed by atoms with E-state index in [0.717, 1.165) is 16.9 Å². The highest BCUT2D eigenvalue weighted by atomic mass is 32.2. The van der Waals surface area contributed by atoms with Gasteiger partial charge in [-0.1, -0.05) is 16.8 Å². The fourth-order valence-corrected chi connectivity index (χ4v) is 5.35. The number of fused-ring (bicyclic) bond motifs is 1. The molecule has 0 aromatic carbocycles. The molecule has 3 N–H and O–H groups in total. The number of nitrogen functional groups attached to an aromatic ring is 1. The number of nitrogens with zero attached hydrogens (tertiary/aromatic N) is 3. The number of β-lactam (4-membered cyclic amide) rings is 1. The highest BCUT2D eigenvalue weighted by Crippen LogP contribution is 2.40. The molecule has 0 saturated carbocycles. The number of hydrogen-bond donors (Lipinski definition) is 2. The van der Waals surface area contributed by atoms with Crippen molar-refractivity contribution < 1.29 is 33.5 Å². The summed E-state index contributed by atoms with van der Waals surface area (Å²) in [4.78, 5) is 61.3. The summed E-state index contributed by atoms with van der Waals surface area (Å²) < 4.78 is 10.5. The van der Waals surface area contributed by atoms with Gasteiger partial charge in [0, 0.05) is 11.1 Å². The van der Waals surface area contributed by atoms with Crippen molar-refractivity contribution in [3.05, 3.63) is 45.6 Å². The third-order valence-corrected chi connectivity index (χ3v) is 7.57. The van der Waals surface area contributed by atoms with E-state index in [-0.39, 0.29) is 41.0 Å². The number of hydrogen-bond acceptors (Lipinski definition) is 12. The highest BCUT2D eigenvalue weighted by molar-refractivity contribution is 8.00. The Balaban J connectivity index is 1.65. The van der Waals surface area contributed by atoms with Crippen LogP contribution in [0.3, 0.4) is 0 Å². The zero-order chi connectivity index (χ0) is 28.0. The van der Waals surface area contributed by atoms with Crippen LogP contribution in [-0.2, 0) is 33.5 Å². The van der Waals surface area contributed by atoms with Crippen LogP contribution in [0.4, 0.5) is 5.13 Å². The first-order valence-electron chi connectivity index (χ1n) is 11.5. The summed E-state index contributed by atoms with van der Waals surface area (Å²) in [7, 11) is 1.28. The molecule has 1 aromatic rings. The lowest BCUT2D eigenvalue weighted by Crippen LogP contribution is -2.71. The zero-order valence-corrected chi connectivity index (χ0v) is 23.2. The van der Waals surface area contributed by atoms with Gasteiger partial charge in [0.05, 0.1) is 5.57 Å². The van der Waals surface area contributed by atoms with Crippen molar-refractivity contribution in [2.45, 2.75) is 39.1 Å². The second kappa shape index (κ2) is 12.7. The van der Waals surface area contributed by atoms with Gasteiger partial charge in [0.15, 0.2) is 10.8 Å². The lowest BCUT2D eigenvalue weighted by Gasteiger charge is -2.49. The molecule has 0 spiro atoms. The van der Waals surface area contributed by atoms with Crippen LogP contribution in [0.25, 0.3) is 0 Å². The number of aromatic nitrogens is 1. The first-order chi connectivity index (χ1) is 18.1. The summed E-state index contributed by atoms with van der Waals surface area (Å²) in [6.45, 7) is 6.92. The third kappa shape index (κ3) is 6.42. The molecule has 0 unspecified atom stereocenters. The number of amides is 2. The van der Waals surface area contributed by atoms with E-state index in [1.807, 2.05) is 13.8 Å². The van der Waals surface area contributed by atoms with Gasteiger partial charge < -0.3 is 25.4 Å². The van der Waals surface area contributed by atoms with Crippen LogP contribution in [-0.4, -0.2) is 76.8 Å². The molecule has 2 amide bonds. The summed E-state index contributed by atoms with van der Waals surface area (Å²) in [5, 5.41) is 7.64. The van der Waals surface area contributed by atoms with Crippen LogP contribution < -0.4 is 11.1 Å². The average molecular weight is 564 g/mol. The number of anilines is 1. The van der Waals surface area contributed by atoms with Crippen LogP contribution in [0.2, 0.25) is 0 Å². The summed E-state index contributed by atoms with van der Waals surface area (Å²) in [5.41, 5.74) is 7.65. The molecule has 14 heteroatoms. The second-order valence-electron chi connectivity index (χ2n) is 8.45. The molecule has 1 aromatic heterocycles. The molecule has 1 fully saturated rings. The van der Waals surface area contributed by atoms with Crippen molar-refractivity contribution in [1.82, 2.24) is 15.2 Å². The SMILES string of the molecule is CC=C(COC(=O)C1=C(C)CS[C@@H]2[C@H](NC(=O)/C(=N\OC)c3csc(N)n3)C(=O)N12)C(=O)OCC=C(C)C. The second-order valence-corrected chi connectivity index (χ2v) is 10.4. The number of carbonyl (C=O) groups excluding carboxylic acids is 4. The van der Waals surface area contributed by atoms with E-state index >= 15 is 0 Å². The molecular formula is C24H29N5O7S2. The number of thioether (sulfide) groups is 1. The maximum Gasteiger partial charge on any atom is 0.355 e. The van der Waals surface area contributed by atoms with E-state index in [1.165, 1.54) is 29.8 Å². The van der Waals surface area contributed by atoms with Gasteiger partial charge in [-0.3, -0.25) is 14.5 Å². The quantitative estimate of drug-likeness (QED) is 0.107. The molecule has 3 rings (SSSR count). The van der Waals surface area contributed by atoms with Gasteiger partial charge in [0.25, 0.3) is 11.8 Å². The van der Waals surface area contributed by atoms with Crippen molar-refractivity contribution in [1.29, 1.82) is 0 Å². The van der Waals surface area contributed by atoms with E-state index in [1.54, 1.807) is 25.3 Å². The Kier molecular flexibility index (Phi) is 9.69. The molecular weight excluding hydrogens is 534 g/mol. The number of nitrogens with one attached hydrogen (secondary N) is 1. The first-order valence-corrected chi connectivity index (χ1v) is 13.4. The minimum absolute atomic E-state index is 0.0932. The molecule has 0 aliphatic carbocycles. The van der Waals surface area contributed by atoms with Gasteiger partial charge >= 0.3 is 11.9 Å². The topological polar surface area (TPSA) is 163 Å². The molecule has 38 heavy (non-hydrogen) atoms. The van der Waals surface area contributed by atoms with Gasteiger partial charge in [0.2, 0.25) is 0 Å². The van der Waals surface area contributed by atoms with Crippen LogP contribution in [0.5, 0.6) is 0 Å². The predicted octanol–water partition coefficient (Wildman–Crippen LogP) is 1.75. The van der Waals surface area contributed by atoms with Crippen LogP contribution in [0.15, 0.2) is 45.1 Å². The number of allylic oxidation sites excluding steroid dienone is 2. The van der Waals surface area contributed by atoms with Crippen molar-refractivity contribution in [2.75, 3.05) is 31.8 Å². The summed E-state index contributed by atoms with van der Waals surface area (Å²) in [6, 6.07) is -0.905. The van der Waals surface area contributed by atoms with Gasteiger partial charge in [0.1, 0.15) is 43.1 Å². The number of oxime groups is 1. The normalized spacial score (nSPS) is 19.3. The van der Waals surface area contributed by atoms with Gasteiger partial charge in [-0.25, -0.2) is 14.6 Å². The number of carbonyl (C=O) groups is 4. The van der Waals surface area contributed by atoms with Crippen molar-refractivity contribution in [2.24, 2.45) is 5.16 Å². The molecule has 1 saturated heterocycles. The van der Waals surface area contributed by atoms with E-state index in [4.69, 9.17) is 20.0 Å². The largest absolute Gasteiger partial charge is 0.458 e. The Morgan fingerprint density at radius 2 is 2.05 bits per heavy atom. The Morgan fingerprint density at radius 3 is 2.66 bits per heavy atom. The smallest absolute Gasteiger partial charge is 0.355 e. The lowest BCUT2D eigenvalue weighted by atomic mass is 10.0. The molecule has 204 valence electrons. The molecule has 2 aliphatic heterocycles. The molecule has 2 atom stereocenters. The molecule has 0 bridgehead atoms.